The standard InChI is InChI=1S/C23H22N6O3S/c1-15-8-9-16-17(5-3-7-20(16)29-14-13-28(2)33(29,30)31)21(15)32-22-18(6-4-11-25-22)19-10-12-26-23(24)27-19/h3-12H,13-14H2,1-2H3,(H2,24,26,27). The van der Waals surface area contributed by atoms with Crippen LogP contribution in [0, 0.1) is 6.92 Å². The van der Waals surface area contributed by atoms with Crippen LogP contribution in [-0.4, -0.2) is 47.8 Å². The minimum atomic E-state index is -3.55. The van der Waals surface area contributed by atoms with Gasteiger partial charge in [0.25, 0.3) is 0 Å². The molecule has 1 fully saturated rings. The summed E-state index contributed by atoms with van der Waals surface area (Å²) in [5.41, 5.74) is 8.53. The molecule has 2 N–H and O–H groups in total. The number of fused-ring (bicyclic) bond motifs is 1. The number of pyridine rings is 1. The summed E-state index contributed by atoms with van der Waals surface area (Å²) in [6.45, 7) is 2.77. The number of hydrogen-bond acceptors (Lipinski definition) is 7. The maximum atomic E-state index is 12.8. The second-order valence-corrected chi connectivity index (χ2v) is 9.70. The molecule has 4 aromatic rings. The monoisotopic (exact) mass is 462 g/mol. The molecule has 0 radical (unpaired) electrons. The average molecular weight is 463 g/mol. The molecule has 0 spiro atoms. The van der Waals surface area contributed by atoms with Crippen molar-refractivity contribution < 1.29 is 13.2 Å². The van der Waals surface area contributed by atoms with Crippen molar-refractivity contribution in [2.75, 3.05) is 30.2 Å². The van der Waals surface area contributed by atoms with E-state index < -0.39 is 10.2 Å². The minimum absolute atomic E-state index is 0.157. The van der Waals surface area contributed by atoms with Gasteiger partial charge in [0.2, 0.25) is 11.8 Å². The van der Waals surface area contributed by atoms with E-state index in [4.69, 9.17) is 10.5 Å². The molecule has 1 aliphatic rings. The molecule has 2 aromatic heterocycles. The number of ether oxygens (including phenoxy) is 1. The second kappa shape index (κ2) is 7.98. The van der Waals surface area contributed by atoms with Crippen molar-refractivity contribution in [2.24, 2.45) is 0 Å². The van der Waals surface area contributed by atoms with Crippen LogP contribution in [0.15, 0.2) is 60.9 Å². The number of likely N-dealkylation sites (N-methyl/N-ethyl adjacent to an activating group) is 1. The number of nitrogens with zero attached hydrogens (tertiary/aromatic N) is 5. The third kappa shape index (κ3) is 3.62. The molecule has 10 heteroatoms. The molecule has 0 aliphatic carbocycles. The molecule has 2 aromatic carbocycles. The molecule has 33 heavy (non-hydrogen) atoms. The van der Waals surface area contributed by atoms with Crippen LogP contribution in [0.4, 0.5) is 11.6 Å². The van der Waals surface area contributed by atoms with Gasteiger partial charge in [0.1, 0.15) is 5.75 Å². The van der Waals surface area contributed by atoms with Crippen molar-refractivity contribution in [2.45, 2.75) is 6.92 Å². The molecule has 3 heterocycles. The predicted molar refractivity (Wildman–Crippen MR) is 127 cm³/mol. The summed E-state index contributed by atoms with van der Waals surface area (Å²) in [6.07, 6.45) is 3.22. The number of rotatable bonds is 4. The summed E-state index contributed by atoms with van der Waals surface area (Å²) in [6, 6.07) is 14.8. The Hall–Kier alpha value is -3.76. The van der Waals surface area contributed by atoms with E-state index in [2.05, 4.69) is 15.0 Å². The first kappa shape index (κ1) is 21.1. The van der Waals surface area contributed by atoms with Crippen molar-refractivity contribution in [3.05, 3.63) is 66.5 Å². The SMILES string of the molecule is Cc1ccc2c(N3CCN(C)S3(=O)=O)cccc2c1Oc1ncccc1-c1ccnc(N)n1. The first-order valence-corrected chi connectivity index (χ1v) is 11.7. The Labute approximate surface area is 191 Å². The Kier molecular flexibility index (Phi) is 5.10. The van der Waals surface area contributed by atoms with Crippen LogP contribution < -0.4 is 14.8 Å². The van der Waals surface area contributed by atoms with Crippen molar-refractivity contribution >= 4 is 32.6 Å². The van der Waals surface area contributed by atoms with Crippen LogP contribution in [-0.2, 0) is 10.2 Å². The van der Waals surface area contributed by atoms with Gasteiger partial charge in [-0.25, -0.2) is 15.0 Å². The smallest absolute Gasteiger partial charge is 0.303 e. The van der Waals surface area contributed by atoms with E-state index in [1.807, 2.05) is 43.3 Å². The van der Waals surface area contributed by atoms with Gasteiger partial charge < -0.3 is 10.5 Å². The fraction of sp³-hybridized carbons (Fsp3) is 0.174. The number of hydrogen-bond donors (Lipinski definition) is 1. The van der Waals surface area contributed by atoms with E-state index in [0.717, 1.165) is 16.3 Å². The Morgan fingerprint density at radius 3 is 2.58 bits per heavy atom. The highest BCUT2D eigenvalue weighted by Crippen LogP contribution is 2.40. The number of anilines is 2. The molecule has 1 aliphatic heterocycles. The number of nitrogens with two attached hydrogens (primary N) is 1. The van der Waals surface area contributed by atoms with Crippen LogP contribution in [0.25, 0.3) is 22.0 Å². The second-order valence-electron chi connectivity index (χ2n) is 7.74. The Balaban J connectivity index is 1.64. The lowest BCUT2D eigenvalue weighted by Crippen LogP contribution is -2.30. The average Bonchev–Trinajstić information content (AvgIpc) is 3.07. The Morgan fingerprint density at radius 2 is 1.82 bits per heavy atom. The molecular weight excluding hydrogens is 440 g/mol. The third-order valence-electron chi connectivity index (χ3n) is 5.66. The van der Waals surface area contributed by atoms with E-state index in [0.29, 0.717) is 41.7 Å². The van der Waals surface area contributed by atoms with Crippen LogP contribution in [0.3, 0.4) is 0 Å². The quantitative estimate of drug-likeness (QED) is 0.494. The highest BCUT2D eigenvalue weighted by atomic mass is 32.2. The van der Waals surface area contributed by atoms with Gasteiger partial charge >= 0.3 is 10.2 Å². The van der Waals surface area contributed by atoms with Crippen molar-refractivity contribution in [1.29, 1.82) is 0 Å². The molecule has 9 nitrogen and oxygen atoms in total. The third-order valence-corrected chi connectivity index (χ3v) is 7.57. The molecule has 0 saturated carbocycles. The van der Waals surface area contributed by atoms with Gasteiger partial charge in [-0.05, 0) is 36.8 Å². The lowest BCUT2D eigenvalue weighted by atomic mass is 10.0. The summed E-state index contributed by atoms with van der Waals surface area (Å²) in [4.78, 5) is 12.7. The number of aromatic nitrogens is 3. The zero-order chi connectivity index (χ0) is 23.2. The van der Waals surface area contributed by atoms with E-state index in [-0.39, 0.29) is 5.95 Å². The molecular formula is C23H22N6O3S. The highest BCUT2D eigenvalue weighted by Gasteiger charge is 2.34. The first-order valence-electron chi connectivity index (χ1n) is 10.3. The maximum Gasteiger partial charge on any atom is 0.303 e. The molecule has 168 valence electrons. The van der Waals surface area contributed by atoms with Crippen LogP contribution in [0.2, 0.25) is 0 Å². The first-order chi connectivity index (χ1) is 15.9. The lowest BCUT2D eigenvalue weighted by molar-refractivity contribution is 0.466. The largest absolute Gasteiger partial charge is 0.437 e. The predicted octanol–water partition coefficient (Wildman–Crippen LogP) is 3.37. The van der Waals surface area contributed by atoms with Gasteiger partial charge in [-0.15, -0.1) is 0 Å². The summed E-state index contributed by atoms with van der Waals surface area (Å²) >= 11 is 0. The van der Waals surface area contributed by atoms with Gasteiger partial charge in [-0.3, -0.25) is 4.31 Å². The van der Waals surface area contributed by atoms with Gasteiger partial charge in [-0.2, -0.15) is 12.7 Å². The topological polar surface area (TPSA) is 115 Å². The van der Waals surface area contributed by atoms with Crippen molar-refractivity contribution in [3.63, 3.8) is 0 Å². The molecule has 5 rings (SSSR count). The summed E-state index contributed by atoms with van der Waals surface area (Å²) < 4.78 is 34.7. The van der Waals surface area contributed by atoms with Gasteiger partial charge in [0.15, 0.2) is 0 Å². The van der Waals surface area contributed by atoms with E-state index in [1.165, 1.54) is 8.61 Å². The number of aryl methyl sites for hydroxylation is 1. The van der Waals surface area contributed by atoms with E-state index in [1.54, 1.807) is 31.6 Å². The fourth-order valence-corrected chi connectivity index (χ4v) is 5.31. The lowest BCUT2D eigenvalue weighted by Gasteiger charge is -2.21. The number of nitrogen functional groups attached to an aromatic ring is 1. The molecule has 1 saturated heterocycles. The van der Waals surface area contributed by atoms with Gasteiger partial charge in [0, 0.05) is 43.3 Å². The zero-order valence-corrected chi connectivity index (χ0v) is 19.0. The highest BCUT2D eigenvalue weighted by molar-refractivity contribution is 7.90. The molecule has 0 atom stereocenters. The maximum absolute atomic E-state index is 12.8. The molecule has 0 unspecified atom stereocenters. The Morgan fingerprint density at radius 1 is 0.970 bits per heavy atom. The van der Waals surface area contributed by atoms with Crippen LogP contribution >= 0.6 is 0 Å². The summed E-state index contributed by atoms with van der Waals surface area (Å²) in [5.74, 6) is 1.12. The normalized spacial score (nSPS) is 15.8. The van der Waals surface area contributed by atoms with E-state index in [9.17, 15) is 8.42 Å². The van der Waals surface area contributed by atoms with Gasteiger partial charge in [-0.1, -0.05) is 24.3 Å². The van der Waals surface area contributed by atoms with Gasteiger partial charge in [0.05, 0.1) is 16.9 Å². The van der Waals surface area contributed by atoms with E-state index >= 15 is 0 Å². The molecule has 0 amide bonds. The Bertz CT molecular complexity index is 1470. The fourth-order valence-electron chi connectivity index (χ4n) is 3.94. The van der Waals surface area contributed by atoms with Crippen molar-refractivity contribution in [3.8, 4) is 22.9 Å². The zero-order valence-electron chi connectivity index (χ0n) is 18.1. The number of benzene rings is 2. The van der Waals surface area contributed by atoms with Crippen LogP contribution in [0.5, 0.6) is 11.6 Å². The van der Waals surface area contributed by atoms with Crippen LogP contribution in [0.1, 0.15) is 5.56 Å². The summed E-state index contributed by atoms with van der Waals surface area (Å²) in [5, 5.41) is 1.57. The van der Waals surface area contributed by atoms with Crippen molar-refractivity contribution in [1.82, 2.24) is 19.3 Å². The summed E-state index contributed by atoms with van der Waals surface area (Å²) in [7, 11) is -1.97. The minimum Gasteiger partial charge on any atom is -0.437 e. The molecule has 0 bridgehead atoms.